The normalized spacial score (nSPS) is 12.3. The number of nitrogens with one attached hydrogen (secondary N) is 3. The SMILES string of the molecule is CC(C)(C)C(=O)Nc1ccc(NC(C(=O)c2c[nH]c3ccccc23)c2ccccc2)cc1. The van der Waals surface area contributed by atoms with Crippen LogP contribution < -0.4 is 10.6 Å². The van der Waals surface area contributed by atoms with E-state index in [1.165, 1.54) is 0 Å². The third-order valence-corrected chi connectivity index (χ3v) is 5.38. The summed E-state index contributed by atoms with van der Waals surface area (Å²) in [5.41, 5.74) is 3.50. The second-order valence-electron chi connectivity index (χ2n) is 8.88. The van der Waals surface area contributed by atoms with Gasteiger partial charge in [0, 0.05) is 39.5 Å². The van der Waals surface area contributed by atoms with Gasteiger partial charge in [0.05, 0.1) is 0 Å². The molecule has 0 aliphatic heterocycles. The van der Waals surface area contributed by atoms with Crippen molar-refractivity contribution in [3.05, 3.63) is 96.2 Å². The maximum Gasteiger partial charge on any atom is 0.229 e. The first-order valence-corrected chi connectivity index (χ1v) is 10.7. The number of carbonyl (C=O) groups excluding carboxylic acids is 2. The Morgan fingerprint density at radius 2 is 1.44 bits per heavy atom. The van der Waals surface area contributed by atoms with Crippen LogP contribution in [0.3, 0.4) is 0 Å². The summed E-state index contributed by atoms with van der Waals surface area (Å²) < 4.78 is 0. The number of ketones is 1. The first-order chi connectivity index (χ1) is 15.3. The lowest BCUT2D eigenvalue weighted by Gasteiger charge is -2.20. The molecule has 0 saturated carbocycles. The Labute approximate surface area is 187 Å². The summed E-state index contributed by atoms with van der Waals surface area (Å²) in [4.78, 5) is 29.0. The molecule has 4 aromatic rings. The zero-order valence-electron chi connectivity index (χ0n) is 18.5. The summed E-state index contributed by atoms with van der Waals surface area (Å²) in [6.07, 6.45) is 1.77. The van der Waals surface area contributed by atoms with Crippen LogP contribution in [-0.2, 0) is 4.79 Å². The predicted molar refractivity (Wildman–Crippen MR) is 130 cm³/mol. The average Bonchev–Trinajstić information content (AvgIpc) is 3.22. The van der Waals surface area contributed by atoms with Gasteiger partial charge in [0.2, 0.25) is 5.91 Å². The minimum Gasteiger partial charge on any atom is -0.371 e. The zero-order chi connectivity index (χ0) is 22.7. The molecule has 1 amide bonds. The Kier molecular flexibility index (Phi) is 5.82. The molecule has 0 saturated heterocycles. The highest BCUT2D eigenvalue weighted by Gasteiger charge is 2.25. The molecule has 3 N–H and O–H groups in total. The molecule has 5 heteroatoms. The molecule has 0 radical (unpaired) electrons. The van der Waals surface area contributed by atoms with Gasteiger partial charge in [-0.15, -0.1) is 0 Å². The van der Waals surface area contributed by atoms with Gasteiger partial charge in [-0.2, -0.15) is 0 Å². The summed E-state index contributed by atoms with van der Waals surface area (Å²) in [6.45, 7) is 5.62. The number of Topliss-reactive ketones (excluding diaryl/α,β-unsaturated/α-hetero) is 1. The van der Waals surface area contributed by atoms with Crippen LogP contribution in [0.2, 0.25) is 0 Å². The summed E-state index contributed by atoms with van der Waals surface area (Å²) in [5.74, 6) is -0.0614. The number of rotatable bonds is 6. The van der Waals surface area contributed by atoms with E-state index in [4.69, 9.17) is 0 Å². The number of anilines is 2. The fraction of sp³-hybridized carbons (Fsp3) is 0.185. The number of para-hydroxylation sites is 1. The predicted octanol–water partition coefficient (Wildman–Crippen LogP) is 6.19. The van der Waals surface area contributed by atoms with Crippen LogP contribution >= 0.6 is 0 Å². The van der Waals surface area contributed by atoms with Crippen LogP contribution in [-0.4, -0.2) is 16.7 Å². The fourth-order valence-electron chi connectivity index (χ4n) is 3.51. The number of fused-ring (bicyclic) bond motifs is 1. The van der Waals surface area contributed by atoms with Crippen molar-refractivity contribution in [2.75, 3.05) is 10.6 Å². The van der Waals surface area contributed by atoms with E-state index in [0.717, 1.165) is 27.8 Å². The second kappa shape index (κ2) is 8.71. The third-order valence-electron chi connectivity index (χ3n) is 5.38. The molecule has 0 fully saturated rings. The number of hydrogen-bond acceptors (Lipinski definition) is 3. The van der Waals surface area contributed by atoms with E-state index >= 15 is 0 Å². The minimum atomic E-state index is -0.551. The molecule has 1 aromatic heterocycles. The van der Waals surface area contributed by atoms with Crippen molar-refractivity contribution in [1.29, 1.82) is 0 Å². The molecule has 0 aliphatic rings. The maximum atomic E-state index is 13.6. The van der Waals surface area contributed by atoms with Gasteiger partial charge in [0.1, 0.15) is 6.04 Å². The molecule has 1 atom stereocenters. The molecule has 3 aromatic carbocycles. The fourth-order valence-corrected chi connectivity index (χ4v) is 3.51. The molecular weight excluding hydrogens is 398 g/mol. The molecule has 32 heavy (non-hydrogen) atoms. The Hall–Kier alpha value is -3.86. The number of aromatic nitrogens is 1. The third kappa shape index (κ3) is 4.57. The lowest BCUT2D eigenvalue weighted by molar-refractivity contribution is -0.123. The van der Waals surface area contributed by atoms with Gasteiger partial charge < -0.3 is 15.6 Å². The lowest BCUT2D eigenvalue weighted by atomic mass is 9.95. The first-order valence-electron chi connectivity index (χ1n) is 10.7. The number of hydrogen-bond donors (Lipinski definition) is 3. The van der Waals surface area contributed by atoms with E-state index < -0.39 is 11.5 Å². The topological polar surface area (TPSA) is 74.0 Å². The largest absolute Gasteiger partial charge is 0.371 e. The van der Waals surface area contributed by atoms with E-state index in [9.17, 15) is 9.59 Å². The summed E-state index contributed by atoms with van der Waals surface area (Å²) in [6, 6.07) is 24.3. The van der Waals surface area contributed by atoms with Crippen LogP contribution in [0, 0.1) is 5.41 Å². The van der Waals surface area contributed by atoms with Gasteiger partial charge >= 0.3 is 0 Å². The van der Waals surface area contributed by atoms with Crippen LogP contribution in [0.5, 0.6) is 0 Å². The van der Waals surface area contributed by atoms with Gasteiger partial charge in [-0.1, -0.05) is 69.3 Å². The van der Waals surface area contributed by atoms with Crippen LogP contribution in [0.15, 0.2) is 85.1 Å². The van der Waals surface area contributed by atoms with E-state index in [1.54, 1.807) is 6.20 Å². The highest BCUT2D eigenvalue weighted by molar-refractivity contribution is 6.11. The van der Waals surface area contributed by atoms with Crippen LogP contribution in [0.1, 0.15) is 42.7 Å². The quantitative estimate of drug-likeness (QED) is 0.323. The Bertz CT molecular complexity index is 1240. The first kappa shape index (κ1) is 21.4. The number of H-pyrrole nitrogens is 1. The van der Waals surface area contributed by atoms with Crippen molar-refractivity contribution in [1.82, 2.24) is 4.98 Å². The number of amides is 1. The van der Waals surface area contributed by atoms with Crippen molar-refractivity contribution >= 4 is 34.0 Å². The molecular formula is C27H27N3O2. The Balaban J connectivity index is 1.61. The molecule has 1 unspecified atom stereocenters. The lowest BCUT2D eigenvalue weighted by Crippen LogP contribution is -2.27. The molecule has 1 heterocycles. The monoisotopic (exact) mass is 425 g/mol. The molecule has 162 valence electrons. The van der Waals surface area contributed by atoms with Crippen molar-refractivity contribution < 1.29 is 9.59 Å². The molecule has 0 aliphatic carbocycles. The Morgan fingerprint density at radius 3 is 2.12 bits per heavy atom. The standard InChI is InChI=1S/C27H27N3O2/c1-27(2,3)26(32)30-20-15-13-19(14-16-20)29-24(18-9-5-4-6-10-18)25(31)22-17-28-23-12-8-7-11-21(22)23/h4-17,24,28-29H,1-3H3,(H,30,32). The van der Waals surface area contributed by atoms with Crippen molar-refractivity contribution in [2.24, 2.45) is 5.41 Å². The van der Waals surface area contributed by atoms with Gasteiger partial charge in [-0.25, -0.2) is 0 Å². The van der Waals surface area contributed by atoms with Crippen molar-refractivity contribution in [2.45, 2.75) is 26.8 Å². The molecule has 0 bridgehead atoms. The summed E-state index contributed by atoms with van der Waals surface area (Å²) >= 11 is 0. The molecule has 0 spiro atoms. The number of benzene rings is 3. The summed E-state index contributed by atoms with van der Waals surface area (Å²) in [7, 11) is 0. The van der Waals surface area contributed by atoms with E-state index in [2.05, 4.69) is 15.6 Å². The van der Waals surface area contributed by atoms with E-state index in [-0.39, 0.29) is 11.7 Å². The van der Waals surface area contributed by atoms with Gasteiger partial charge in [0.25, 0.3) is 0 Å². The highest BCUT2D eigenvalue weighted by Crippen LogP contribution is 2.28. The van der Waals surface area contributed by atoms with Crippen LogP contribution in [0.25, 0.3) is 10.9 Å². The van der Waals surface area contributed by atoms with E-state index in [1.807, 2.05) is 99.6 Å². The second-order valence-corrected chi connectivity index (χ2v) is 8.88. The van der Waals surface area contributed by atoms with Crippen molar-refractivity contribution in [3.63, 3.8) is 0 Å². The Morgan fingerprint density at radius 1 is 0.812 bits per heavy atom. The summed E-state index contributed by atoms with van der Waals surface area (Å²) in [5, 5.41) is 7.21. The smallest absolute Gasteiger partial charge is 0.229 e. The minimum absolute atomic E-state index is 0.0150. The molecule has 4 rings (SSSR count). The maximum absolute atomic E-state index is 13.6. The van der Waals surface area contributed by atoms with Crippen LogP contribution in [0.4, 0.5) is 11.4 Å². The van der Waals surface area contributed by atoms with Gasteiger partial charge in [-0.05, 0) is 35.9 Å². The van der Waals surface area contributed by atoms with Gasteiger partial charge in [-0.3, -0.25) is 9.59 Å². The number of aromatic amines is 1. The van der Waals surface area contributed by atoms with E-state index in [0.29, 0.717) is 5.56 Å². The van der Waals surface area contributed by atoms with Gasteiger partial charge in [0.15, 0.2) is 5.78 Å². The number of carbonyl (C=O) groups is 2. The highest BCUT2D eigenvalue weighted by atomic mass is 16.2. The average molecular weight is 426 g/mol. The molecule has 5 nitrogen and oxygen atoms in total. The van der Waals surface area contributed by atoms with Crippen molar-refractivity contribution in [3.8, 4) is 0 Å². The zero-order valence-corrected chi connectivity index (χ0v) is 18.5.